The van der Waals surface area contributed by atoms with E-state index in [1.807, 2.05) is 10.9 Å². The third kappa shape index (κ3) is 2.97. The molecule has 0 bridgehead atoms. The van der Waals surface area contributed by atoms with E-state index in [0.717, 1.165) is 12.5 Å². The van der Waals surface area contributed by atoms with Crippen LogP contribution in [0.25, 0.3) is 10.9 Å². The molecule has 3 nitrogen and oxygen atoms in total. The van der Waals surface area contributed by atoms with Crippen LogP contribution in [0.3, 0.4) is 0 Å². The van der Waals surface area contributed by atoms with E-state index < -0.39 is 0 Å². The van der Waals surface area contributed by atoms with Crippen molar-refractivity contribution in [3.8, 4) is 0 Å². The van der Waals surface area contributed by atoms with Crippen molar-refractivity contribution in [2.45, 2.75) is 38.1 Å². The van der Waals surface area contributed by atoms with E-state index in [0.29, 0.717) is 11.6 Å². The number of aromatic nitrogens is 2. The zero-order valence-corrected chi connectivity index (χ0v) is 11.1. The Bertz CT molecular complexity index is 511. The minimum absolute atomic E-state index is 0.195. The molecule has 1 N–H and O–H groups in total. The summed E-state index contributed by atoms with van der Waals surface area (Å²) in [5, 5.41) is 12.4. The fourth-order valence-corrected chi connectivity index (χ4v) is 2.62. The summed E-state index contributed by atoms with van der Waals surface area (Å²) in [5.74, 6) is -0.383. The van der Waals surface area contributed by atoms with Crippen molar-refractivity contribution in [2.24, 2.45) is 0 Å². The van der Waals surface area contributed by atoms with Gasteiger partial charge in [-0.1, -0.05) is 30.8 Å². The number of fused-ring (bicyclic) bond motifs is 1. The first kappa shape index (κ1) is 14.1. The molecule has 1 saturated carbocycles. The van der Waals surface area contributed by atoms with E-state index >= 15 is 0 Å². The third-order valence-corrected chi connectivity index (χ3v) is 3.59. The standard InChI is InChI=1S/C13H14BFN2.CH4O/c14-11-6-9-8-17(10-4-2-1-3-5-10)16-13(9)7-12(11)15;1-2/h6-8,10H,1-5H2;2H,1H3. The van der Waals surface area contributed by atoms with Gasteiger partial charge >= 0.3 is 0 Å². The smallest absolute Gasteiger partial charge is 0.118 e. The summed E-state index contributed by atoms with van der Waals surface area (Å²) in [4.78, 5) is 0. The minimum atomic E-state index is -0.383. The second kappa shape index (κ2) is 6.19. The van der Waals surface area contributed by atoms with Crippen LogP contribution in [0.1, 0.15) is 38.1 Å². The molecule has 0 amide bonds. The van der Waals surface area contributed by atoms with Crippen LogP contribution in [0.2, 0.25) is 0 Å². The van der Waals surface area contributed by atoms with Crippen molar-refractivity contribution in [3.63, 3.8) is 0 Å². The molecule has 0 saturated heterocycles. The Labute approximate surface area is 113 Å². The summed E-state index contributed by atoms with van der Waals surface area (Å²) < 4.78 is 15.3. The van der Waals surface area contributed by atoms with Crippen LogP contribution in [-0.2, 0) is 0 Å². The van der Waals surface area contributed by atoms with E-state index in [9.17, 15) is 4.39 Å². The van der Waals surface area contributed by atoms with Crippen molar-refractivity contribution in [3.05, 3.63) is 24.1 Å². The summed E-state index contributed by atoms with van der Waals surface area (Å²) in [7, 11) is 6.56. The van der Waals surface area contributed by atoms with Gasteiger partial charge in [0.15, 0.2) is 0 Å². The molecular formula is C14H18BFN2O. The van der Waals surface area contributed by atoms with Gasteiger partial charge in [0, 0.05) is 24.8 Å². The van der Waals surface area contributed by atoms with Gasteiger partial charge in [-0.3, -0.25) is 4.68 Å². The second-order valence-electron chi connectivity index (χ2n) is 4.83. The molecule has 2 aromatic rings. The Kier molecular flexibility index (Phi) is 4.58. The number of halogens is 1. The van der Waals surface area contributed by atoms with Gasteiger partial charge in [-0.25, -0.2) is 4.39 Å². The monoisotopic (exact) mass is 260 g/mol. The summed E-state index contributed by atoms with van der Waals surface area (Å²) in [5.41, 5.74) is 0.892. The largest absolute Gasteiger partial charge is 0.400 e. The maximum absolute atomic E-state index is 13.3. The van der Waals surface area contributed by atoms with Crippen LogP contribution in [0.15, 0.2) is 18.3 Å². The first-order chi connectivity index (χ1) is 9.24. The van der Waals surface area contributed by atoms with E-state index in [-0.39, 0.29) is 11.3 Å². The van der Waals surface area contributed by atoms with E-state index in [1.165, 1.54) is 38.2 Å². The zero-order chi connectivity index (χ0) is 13.8. The maximum atomic E-state index is 13.3. The van der Waals surface area contributed by atoms with Gasteiger partial charge in [0.2, 0.25) is 0 Å². The molecule has 1 aliphatic carbocycles. The lowest BCUT2D eigenvalue weighted by molar-refractivity contribution is 0.331. The van der Waals surface area contributed by atoms with Gasteiger partial charge in [0.05, 0.1) is 11.6 Å². The van der Waals surface area contributed by atoms with Crippen molar-refractivity contribution < 1.29 is 9.50 Å². The molecule has 0 atom stereocenters. The molecule has 2 radical (unpaired) electrons. The number of hydrogen-bond acceptors (Lipinski definition) is 2. The predicted octanol–water partition coefficient (Wildman–Crippen LogP) is 2.08. The minimum Gasteiger partial charge on any atom is -0.400 e. The SMILES string of the molecule is CO.[B]c1cc2cn(C3CCCCC3)nc2cc1F. The Morgan fingerprint density at radius 1 is 1.26 bits per heavy atom. The molecule has 0 aliphatic heterocycles. The van der Waals surface area contributed by atoms with Gasteiger partial charge in [-0.2, -0.15) is 5.10 Å². The van der Waals surface area contributed by atoms with Crippen LogP contribution in [0, 0.1) is 5.82 Å². The van der Waals surface area contributed by atoms with Gasteiger partial charge in [-0.15, -0.1) is 0 Å². The Morgan fingerprint density at radius 2 is 1.95 bits per heavy atom. The summed E-state index contributed by atoms with van der Waals surface area (Å²) in [6, 6.07) is 3.56. The summed E-state index contributed by atoms with van der Waals surface area (Å²) in [6.07, 6.45) is 8.17. The Morgan fingerprint density at radius 3 is 2.63 bits per heavy atom. The first-order valence-corrected chi connectivity index (χ1v) is 6.62. The summed E-state index contributed by atoms with van der Waals surface area (Å²) >= 11 is 0. The van der Waals surface area contributed by atoms with Gasteiger partial charge < -0.3 is 5.11 Å². The highest BCUT2D eigenvalue weighted by molar-refractivity contribution is 6.33. The molecule has 1 aromatic carbocycles. The lowest BCUT2D eigenvalue weighted by Crippen LogP contribution is -2.12. The normalized spacial score (nSPS) is 16.2. The van der Waals surface area contributed by atoms with Gasteiger partial charge in [-0.05, 0) is 12.8 Å². The first-order valence-electron chi connectivity index (χ1n) is 6.62. The van der Waals surface area contributed by atoms with Crippen LogP contribution in [0.4, 0.5) is 4.39 Å². The number of benzene rings is 1. The second-order valence-corrected chi connectivity index (χ2v) is 4.83. The van der Waals surface area contributed by atoms with Crippen molar-refractivity contribution in [1.29, 1.82) is 0 Å². The third-order valence-electron chi connectivity index (χ3n) is 3.59. The van der Waals surface area contributed by atoms with Crippen molar-refractivity contribution >= 4 is 24.2 Å². The number of aliphatic hydroxyl groups excluding tert-OH is 1. The molecule has 0 spiro atoms. The van der Waals surface area contributed by atoms with Crippen molar-refractivity contribution in [2.75, 3.05) is 7.11 Å². The molecule has 1 heterocycles. The molecule has 5 heteroatoms. The van der Waals surface area contributed by atoms with Crippen LogP contribution in [-0.4, -0.2) is 29.8 Å². The van der Waals surface area contributed by atoms with Crippen LogP contribution >= 0.6 is 0 Å². The number of nitrogens with zero attached hydrogens (tertiary/aromatic N) is 2. The molecule has 100 valence electrons. The van der Waals surface area contributed by atoms with Gasteiger partial charge in [0.1, 0.15) is 13.7 Å². The highest BCUT2D eigenvalue weighted by atomic mass is 19.1. The number of aliphatic hydroxyl groups is 1. The average Bonchev–Trinajstić information content (AvgIpc) is 2.85. The highest BCUT2D eigenvalue weighted by Crippen LogP contribution is 2.28. The molecule has 1 aliphatic rings. The van der Waals surface area contributed by atoms with Crippen LogP contribution in [0.5, 0.6) is 0 Å². The van der Waals surface area contributed by atoms with E-state index in [4.69, 9.17) is 13.0 Å². The predicted molar refractivity (Wildman–Crippen MR) is 75.3 cm³/mol. The Balaban J connectivity index is 0.000000637. The van der Waals surface area contributed by atoms with E-state index in [1.54, 1.807) is 6.07 Å². The van der Waals surface area contributed by atoms with E-state index in [2.05, 4.69) is 5.10 Å². The molecule has 1 fully saturated rings. The number of hydrogen-bond donors (Lipinski definition) is 1. The lowest BCUT2D eigenvalue weighted by Gasteiger charge is -2.21. The topological polar surface area (TPSA) is 38.0 Å². The van der Waals surface area contributed by atoms with Gasteiger partial charge in [0.25, 0.3) is 0 Å². The average molecular weight is 260 g/mol. The van der Waals surface area contributed by atoms with Crippen LogP contribution < -0.4 is 5.46 Å². The zero-order valence-electron chi connectivity index (χ0n) is 11.1. The van der Waals surface area contributed by atoms with Crippen molar-refractivity contribution in [1.82, 2.24) is 9.78 Å². The Hall–Kier alpha value is -1.36. The molecule has 19 heavy (non-hydrogen) atoms. The lowest BCUT2D eigenvalue weighted by atomic mass is 9.94. The molecule has 1 aromatic heterocycles. The fraction of sp³-hybridized carbons (Fsp3) is 0.500. The molecule has 3 rings (SSSR count). The maximum Gasteiger partial charge on any atom is 0.118 e. The fourth-order valence-electron chi connectivity index (χ4n) is 2.62. The molecule has 0 unspecified atom stereocenters. The quantitative estimate of drug-likeness (QED) is 0.797. The summed E-state index contributed by atoms with van der Waals surface area (Å²) in [6.45, 7) is 0. The number of rotatable bonds is 1. The molecular weight excluding hydrogens is 242 g/mol. The highest BCUT2D eigenvalue weighted by Gasteiger charge is 2.16.